The van der Waals surface area contributed by atoms with E-state index >= 15 is 0 Å². The number of nitrogens with zero attached hydrogens (tertiary/aromatic N) is 2. The Morgan fingerprint density at radius 2 is 0.840 bits per heavy atom. The van der Waals surface area contributed by atoms with Gasteiger partial charge >= 0.3 is 19.5 Å². The van der Waals surface area contributed by atoms with Crippen LogP contribution in [0, 0.1) is 11.8 Å². The van der Waals surface area contributed by atoms with Crippen LogP contribution in [-0.2, 0) is 29.1 Å². The Labute approximate surface area is 162 Å². The summed E-state index contributed by atoms with van der Waals surface area (Å²) in [4.78, 5) is 26.7. The fraction of sp³-hybridized carbons (Fsp3) is 0.333. The fourth-order valence-electron chi connectivity index (χ4n) is 0.625. The molecule has 132 valence electrons. The van der Waals surface area contributed by atoms with Gasteiger partial charge in [-0.2, -0.15) is 0 Å². The van der Waals surface area contributed by atoms with E-state index in [4.69, 9.17) is 0 Å². The Morgan fingerprint density at radius 1 is 0.640 bits per heavy atom. The molecule has 2 aromatic heterocycles. The quantitative estimate of drug-likeness (QED) is 0.698. The van der Waals surface area contributed by atoms with Gasteiger partial charge in [-0.3, -0.25) is 9.97 Å². The van der Waals surface area contributed by atoms with Gasteiger partial charge in [-0.15, -0.1) is 0 Å². The number of hydrogen-bond acceptors (Lipinski definition) is 6. The van der Waals surface area contributed by atoms with E-state index in [0.29, 0.717) is 0 Å². The molecule has 0 aromatic carbocycles. The first-order valence-corrected chi connectivity index (χ1v) is 7.40. The normalized spacial score (nSPS) is 8.24. The monoisotopic (exact) mass is 396 g/mol. The predicted octanol–water partition coefficient (Wildman–Crippen LogP) is 0.945. The molecule has 0 amide bonds. The van der Waals surface area contributed by atoms with Crippen molar-refractivity contribution < 1.29 is 39.3 Å². The zero-order valence-electron chi connectivity index (χ0n) is 15.2. The minimum atomic E-state index is -0.991. The second-order valence-corrected chi connectivity index (χ2v) is 5.00. The van der Waals surface area contributed by atoms with Crippen molar-refractivity contribution in [3.63, 3.8) is 0 Å². The number of rotatable bonds is 2. The van der Waals surface area contributed by atoms with Gasteiger partial charge in [0.2, 0.25) is 0 Å². The third-order valence-electron chi connectivity index (χ3n) is 2.08. The van der Waals surface area contributed by atoms with Crippen molar-refractivity contribution in [2.45, 2.75) is 27.7 Å². The Kier molecular flexibility index (Phi) is 22.1. The molecule has 25 heavy (non-hydrogen) atoms. The Bertz CT molecular complexity index is 420. The largest absolute Gasteiger partial charge is 2.00 e. The van der Waals surface area contributed by atoms with E-state index in [-0.39, 0.29) is 31.3 Å². The summed E-state index contributed by atoms with van der Waals surface area (Å²) >= 11 is 0. The summed E-state index contributed by atoms with van der Waals surface area (Å²) < 4.78 is 0. The fourth-order valence-corrected chi connectivity index (χ4v) is 0.625. The summed E-state index contributed by atoms with van der Waals surface area (Å²) in [6, 6.07) is 11.4. The zero-order chi connectivity index (χ0) is 18.8. The number of carboxylic acids is 2. The summed E-state index contributed by atoms with van der Waals surface area (Å²) in [6.45, 7) is 6.31. The van der Waals surface area contributed by atoms with Crippen LogP contribution >= 0.6 is 0 Å². The molecule has 2 rings (SSSR count). The van der Waals surface area contributed by atoms with Crippen molar-refractivity contribution in [2.24, 2.45) is 11.8 Å². The molecule has 2 aromatic rings. The molecule has 2 heterocycles. The van der Waals surface area contributed by atoms with Gasteiger partial charge in [0, 0.05) is 36.7 Å². The molecule has 7 heteroatoms. The van der Waals surface area contributed by atoms with Crippen LogP contribution in [-0.4, -0.2) is 21.9 Å². The molecule has 0 radical (unpaired) electrons. The molecule has 0 unspecified atom stereocenters. The van der Waals surface area contributed by atoms with Gasteiger partial charge in [0.05, 0.1) is 0 Å². The van der Waals surface area contributed by atoms with Gasteiger partial charge in [-0.1, -0.05) is 39.8 Å². The summed E-state index contributed by atoms with van der Waals surface area (Å²) in [5.74, 6) is -2.67. The van der Waals surface area contributed by atoms with Crippen LogP contribution in [0.3, 0.4) is 0 Å². The van der Waals surface area contributed by atoms with E-state index in [1.165, 1.54) is 0 Å². The van der Waals surface area contributed by atoms with Crippen molar-refractivity contribution in [1.82, 2.24) is 9.97 Å². The topological polar surface area (TPSA) is 106 Å². The van der Waals surface area contributed by atoms with E-state index in [0.717, 1.165) is 0 Å². The molecular formula is C18H24N2O4Zn. The summed E-state index contributed by atoms with van der Waals surface area (Å²) in [6.07, 6.45) is 7.00. The number of hydrogen-bond donors (Lipinski definition) is 0. The minimum absolute atomic E-state index is 0. The van der Waals surface area contributed by atoms with Crippen molar-refractivity contribution in [2.75, 3.05) is 0 Å². The van der Waals surface area contributed by atoms with E-state index in [1.807, 2.05) is 36.4 Å². The number of aliphatic carboxylic acids is 2. The van der Waals surface area contributed by atoms with Crippen molar-refractivity contribution in [1.29, 1.82) is 0 Å². The molecule has 0 aliphatic heterocycles. The van der Waals surface area contributed by atoms with Crippen LogP contribution in [0.5, 0.6) is 0 Å². The van der Waals surface area contributed by atoms with Gasteiger partial charge in [0.15, 0.2) is 0 Å². The van der Waals surface area contributed by atoms with E-state index in [2.05, 4.69) is 9.97 Å². The summed E-state index contributed by atoms with van der Waals surface area (Å²) in [5.41, 5.74) is 0. The average Bonchev–Trinajstić information content (AvgIpc) is 2.59. The first-order chi connectivity index (χ1) is 11.3. The standard InChI is InChI=1S/2C5H5N.2C4H8O2.Zn/c2*1-2-4-6-5-3-1;2*1-3(2)4(5)6;/h2*1-5H;2*3H,1-2H3,(H,5,6);/q;;;;+2/p-2. The number of pyridine rings is 2. The second kappa shape index (κ2) is 19.9. The molecular weight excluding hydrogens is 374 g/mol. The Hall–Kier alpha value is -2.14. The number of carbonyl (C=O) groups is 2. The third-order valence-corrected chi connectivity index (χ3v) is 2.08. The zero-order valence-corrected chi connectivity index (χ0v) is 18.1. The van der Waals surface area contributed by atoms with E-state index < -0.39 is 11.9 Å². The maximum absolute atomic E-state index is 9.59. The van der Waals surface area contributed by atoms with Gasteiger partial charge in [-0.05, 0) is 36.1 Å². The van der Waals surface area contributed by atoms with Gasteiger partial charge in [-0.25, -0.2) is 0 Å². The average molecular weight is 398 g/mol. The van der Waals surface area contributed by atoms with Crippen LogP contribution in [0.15, 0.2) is 61.2 Å². The number of carbonyl (C=O) groups excluding carboxylic acids is 2. The molecule has 0 saturated heterocycles. The van der Waals surface area contributed by atoms with Crippen molar-refractivity contribution >= 4 is 11.9 Å². The minimum Gasteiger partial charge on any atom is -0.550 e. The maximum atomic E-state index is 9.59. The molecule has 0 aliphatic rings. The number of aromatic nitrogens is 2. The van der Waals surface area contributed by atoms with Gasteiger partial charge in [0.25, 0.3) is 0 Å². The molecule has 0 aliphatic carbocycles. The van der Waals surface area contributed by atoms with Crippen LogP contribution in [0.1, 0.15) is 27.7 Å². The van der Waals surface area contributed by atoms with E-state index in [9.17, 15) is 19.8 Å². The molecule has 0 atom stereocenters. The summed E-state index contributed by atoms with van der Waals surface area (Å²) in [5, 5.41) is 19.2. The van der Waals surface area contributed by atoms with Crippen molar-refractivity contribution in [3.8, 4) is 0 Å². The molecule has 0 fully saturated rings. The van der Waals surface area contributed by atoms with Gasteiger partial charge < -0.3 is 19.8 Å². The molecule has 0 saturated carbocycles. The van der Waals surface area contributed by atoms with Crippen LogP contribution < -0.4 is 10.2 Å². The Morgan fingerprint density at radius 3 is 0.880 bits per heavy atom. The van der Waals surface area contributed by atoms with Crippen LogP contribution in [0.2, 0.25) is 0 Å². The smallest absolute Gasteiger partial charge is 0.550 e. The van der Waals surface area contributed by atoms with Crippen LogP contribution in [0.25, 0.3) is 0 Å². The number of carboxylic acid groups (broad SMARTS) is 2. The first kappa shape index (κ1) is 27.7. The van der Waals surface area contributed by atoms with Crippen molar-refractivity contribution in [3.05, 3.63) is 61.2 Å². The summed E-state index contributed by atoms with van der Waals surface area (Å²) in [7, 11) is 0. The van der Waals surface area contributed by atoms with Gasteiger partial charge in [0.1, 0.15) is 0 Å². The SMILES string of the molecule is CC(C)C(=O)[O-].CC(C)C(=O)[O-].[Zn+2].c1ccncc1.c1ccncc1. The van der Waals surface area contributed by atoms with E-state index in [1.54, 1.807) is 52.5 Å². The molecule has 0 N–H and O–H groups in total. The third kappa shape index (κ3) is 27.0. The first-order valence-electron chi connectivity index (χ1n) is 7.40. The van der Waals surface area contributed by atoms with Crippen LogP contribution in [0.4, 0.5) is 0 Å². The second-order valence-electron chi connectivity index (χ2n) is 5.00. The Balaban J connectivity index is -0.000000255. The molecule has 0 bridgehead atoms. The molecule has 6 nitrogen and oxygen atoms in total. The molecule has 0 spiro atoms. The predicted molar refractivity (Wildman–Crippen MR) is 88.2 cm³/mol. The maximum Gasteiger partial charge on any atom is 2.00 e.